The number of carbonyl (C=O) groups is 2. The van der Waals surface area contributed by atoms with Crippen molar-refractivity contribution in [1.82, 2.24) is 10.2 Å². The number of carbonyl (C=O) groups excluding carboxylic acids is 2. The summed E-state index contributed by atoms with van der Waals surface area (Å²) in [5, 5.41) is 2.94. The number of hydrogen-bond acceptors (Lipinski definition) is 4. The van der Waals surface area contributed by atoms with Gasteiger partial charge in [-0.15, -0.1) is 0 Å². The average Bonchev–Trinajstić information content (AvgIpc) is 2.93. The molecular formula is C30H36FN3O4S. The van der Waals surface area contributed by atoms with Crippen LogP contribution in [0.3, 0.4) is 0 Å². The van der Waals surface area contributed by atoms with E-state index in [9.17, 15) is 22.4 Å². The summed E-state index contributed by atoms with van der Waals surface area (Å²) >= 11 is 0. The number of para-hydroxylation sites is 1. The van der Waals surface area contributed by atoms with Gasteiger partial charge in [-0.2, -0.15) is 0 Å². The van der Waals surface area contributed by atoms with Crippen LogP contribution in [0.15, 0.2) is 83.8 Å². The lowest BCUT2D eigenvalue weighted by atomic mass is 10.1. The van der Waals surface area contributed by atoms with E-state index in [1.807, 2.05) is 45.0 Å². The van der Waals surface area contributed by atoms with Gasteiger partial charge in [0, 0.05) is 12.6 Å². The molecule has 1 N–H and O–H groups in total. The van der Waals surface area contributed by atoms with Gasteiger partial charge in [-0.3, -0.25) is 13.9 Å². The fourth-order valence-electron chi connectivity index (χ4n) is 4.22. The Labute approximate surface area is 230 Å². The summed E-state index contributed by atoms with van der Waals surface area (Å²) in [4.78, 5) is 28.6. The van der Waals surface area contributed by atoms with Crippen molar-refractivity contribution in [2.24, 2.45) is 0 Å². The van der Waals surface area contributed by atoms with Crippen molar-refractivity contribution in [3.8, 4) is 0 Å². The molecule has 0 aliphatic rings. The molecular weight excluding hydrogens is 517 g/mol. The Morgan fingerprint density at radius 1 is 0.897 bits per heavy atom. The van der Waals surface area contributed by atoms with E-state index in [1.54, 1.807) is 25.1 Å². The molecule has 0 spiro atoms. The van der Waals surface area contributed by atoms with E-state index in [2.05, 4.69) is 5.32 Å². The maximum Gasteiger partial charge on any atom is 0.264 e. The minimum atomic E-state index is -4.32. The van der Waals surface area contributed by atoms with Gasteiger partial charge in [0.1, 0.15) is 18.4 Å². The van der Waals surface area contributed by atoms with Crippen LogP contribution in [0.1, 0.15) is 44.7 Å². The van der Waals surface area contributed by atoms with Crippen molar-refractivity contribution < 1.29 is 22.4 Å². The Morgan fingerprint density at radius 2 is 1.51 bits per heavy atom. The number of hydrogen-bond donors (Lipinski definition) is 1. The predicted molar refractivity (Wildman–Crippen MR) is 151 cm³/mol. The third kappa shape index (κ3) is 7.23. The number of benzene rings is 3. The van der Waals surface area contributed by atoms with E-state index in [1.165, 1.54) is 35.2 Å². The molecule has 9 heteroatoms. The molecule has 0 bridgehead atoms. The molecule has 0 fully saturated rings. The second kappa shape index (κ2) is 13.4. The van der Waals surface area contributed by atoms with Crippen LogP contribution >= 0.6 is 0 Å². The van der Waals surface area contributed by atoms with E-state index in [0.29, 0.717) is 12.8 Å². The van der Waals surface area contributed by atoms with Crippen molar-refractivity contribution in [3.05, 3.63) is 95.8 Å². The highest BCUT2D eigenvalue weighted by Crippen LogP contribution is 2.27. The van der Waals surface area contributed by atoms with Gasteiger partial charge in [0.05, 0.1) is 10.6 Å². The highest BCUT2D eigenvalue weighted by atomic mass is 32.2. The van der Waals surface area contributed by atoms with Gasteiger partial charge in [-0.05, 0) is 62.1 Å². The average molecular weight is 554 g/mol. The van der Waals surface area contributed by atoms with Crippen LogP contribution in [0.5, 0.6) is 0 Å². The van der Waals surface area contributed by atoms with E-state index in [-0.39, 0.29) is 29.1 Å². The first-order valence-corrected chi connectivity index (χ1v) is 14.5. The number of halogens is 1. The summed E-state index contributed by atoms with van der Waals surface area (Å²) < 4.78 is 43.2. The van der Waals surface area contributed by atoms with Crippen molar-refractivity contribution in [1.29, 1.82) is 0 Å². The van der Waals surface area contributed by atoms with Crippen LogP contribution in [0.25, 0.3) is 0 Å². The molecule has 0 radical (unpaired) electrons. The van der Waals surface area contributed by atoms with Gasteiger partial charge in [0.15, 0.2) is 0 Å². The lowest BCUT2D eigenvalue weighted by molar-refractivity contribution is -0.140. The molecule has 0 heterocycles. The van der Waals surface area contributed by atoms with Crippen molar-refractivity contribution in [2.75, 3.05) is 10.8 Å². The fourth-order valence-corrected chi connectivity index (χ4v) is 5.66. The summed E-state index contributed by atoms with van der Waals surface area (Å²) in [7, 11) is -4.32. The van der Waals surface area contributed by atoms with Gasteiger partial charge < -0.3 is 10.2 Å². The molecule has 7 nitrogen and oxygen atoms in total. The van der Waals surface area contributed by atoms with E-state index in [4.69, 9.17) is 0 Å². The zero-order chi connectivity index (χ0) is 28.6. The highest BCUT2D eigenvalue weighted by molar-refractivity contribution is 7.92. The molecule has 0 aliphatic carbocycles. The quantitative estimate of drug-likeness (QED) is 0.340. The molecule has 39 heavy (non-hydrogen) atoms. The van der Waals surface area contributed by atoms with Gasteiger partial charge in [-0.25, -0.2) is 12.8 Å². The van der Waals surface area contributed by atoms with Gasteiger partial charge in [0.25, 0.3) is 10.0 Å². The second-order valence-corrected chi connectivity index (χ2v) is 11.3. The molecule has 0 saturated heterocycles. The number of amides is 2. The molecule has 0 aliphatic heterocycles. The zero-order valence-corrected chi connectivity index (χ0v) is 23.6. The third-order valence-corrected chi connectivity index (χ3v) is 8.49. The van der Waals surface area contributed by atoms with Crippen LogP contribution in [-0.4, -0.2) is 43.8 Å². The molecule has 0 saturated carbocycles. The number of nitrogens with zero attached hydrogens (tertiary/aromatic N) is 2. The summed E-state index contributed by atoms with van der Waals surface area (Å²) in [6.07, 6.45) is 1.02. The smallest absolute Gasteiger partial charge is 0.264 e. The standard InChI is InChI=1S/C30H36FN3O4S/c1-5-23(4)32-30(36)27(6-2)33(20-24-15-11-10-14-22(24)3)29(35)21-34(28-19-13-12-18-26(28)31)39(37,38)25-16-8-7-9-17-25/h7-19,23,27H,5-6,20-21H2,1-4H3,(H,32,36)/t23-,27-/m0/s1. The molecule has 0 aromatic heterocycles. The first-order valence-electron chi connectivity index (χ1n) is 13.1. The summed E-state index contributed by atoms with van der Waals surface area (Å²) in [6, 6.07) is 19.5. The summed E-state index contributed by atoms with van der Waals surface area (Å²) in [5.74, 6) is -1.72. The third-order valence-electron chi connectivity index (χ3n) is 6.72. The van der Waals surface area contributed by atoms with Crippen molar-refractivity contribution >= 4 is 27.5 Å². The number of sulfonamides is 1. The van der Waals surface area contributed by atoms with Gasteiger partial charge in [-0.1, -0.05) is 68.4 Å². The Hall–Kier alpha value is -3.72. The SMILES string of the molecule is CC[C@H](C)NC(=O)[C@H](CC)N(Cc1ccccc1C)C(=O)CN(c1ccccc1F)S(=O)(=O)c1ccccc1. The number of rotatable bonds is 12. The number of aryl methyl sites for hydroxylation is 1. The predicted octanol–water partition coefficient (Wildman–Crippen LogP) is 5.05. The summed E-state index contributed by atoms with van der Waals surface area (Å²) in [5.41, 5.74) is 1.50. The first kappa shape index (κ1) is 29.8. The molecule has 208 valence electrons. The van der Waals surface area contributed by atoms with Crippen LogP contribution in [-0.2, 0) is 26.2 Å². The van der Waals surface area contributed by atoms with E-state index in [0.717, 1.165) is 21.5 Å². The van der Waals surface area contributed by atoms with E-state index >= 15 is 0 Å². The number of anilines is 1. The Balaban J connectivity index is 2.07. The lowest BCUT2D eigenvalue weighted by Crippen LogP contribution is -2.53. The first-order chi connectivity index (χ1) is 18.6. The largest absolute Gasteiger partial charge is 0.352 e. The minimum absolute atomic E-state index is 0.0759. The molecule has 3 aromatic rings. The fraction of sp³-hybridized carbons (Fsp3) is 0.333. The Morgan fingerprint density at radius 3 is 2.13 bits per heavy atom. The maximum absolute atomic E-state index is 15.0. The monoisotopic (exact) mass is 553 g/mol. The molecule has 3 aromatic carbocycles. The van der Waals surface area contributed by atoms with E-state index < -0.39 is 34.3 Å². The van der Waals surface area contributed by atoms with Crippen LogP contribution in [0.2, 0.25) is 0 Å². The van der Waals surface area contributed by atoms with Crippen molar-refractivity contribution in [2.45, 2.75) is 64.1 Å². The molecule has 3 rings (SSSR count). The highest BCUT2D eigenvalue weighted by Gasteiger charge is 2.34. The van der Waals surface area contributed by atoms with Gasteiger partial charge >= 0.3 is 0 Å². The molecule has 2 amide bonds. The normalized spacial score (nSPS) is 12.8. The zero-order valence-electron chi connectivity index (χ0n) is 22.8. The van der Waals surface area contributed by atoms with Crippen LogP contribution in [0, 0.1) is 12.7 Å². The van der Waals surface area contributed by atoms with Crippen molar-refractivity contribution in [3.63, 3.8) is 0 Å². The summed E-state index contributed by atoms with van der Waals surface area (Å²) in [6.45, 7) is 6.94. The lowest BCUT2D eigenvalue weighted by Gasteiger charge is -2.34. The maximum atomic E-state index is 15.0. The topological polar surface area (TPSA) is 86.8 Å². The van der Waals surface area contributed by atoms with Crippen LogP contribution in [0.4, 0.5) is 10.1 Å². The second-order valence-electron chi connectivity index (χ2n) is 9.47. The molecule has 0 unspecified atom stereocenters. The van der Waals surface area contributed by atoms with Crippen LogP contribution < -0.4 is 9.62 Å². The Bertz CT molecular complexity index is 1380. The minimum Gasteiger partial charge on any atom is -0.352 e. The number of nitrogens with one attached hydrogen (secondary N) is 1. The Kier molecular flexibility index (Phi) is 10.2. The molecule has 2 atom stereocenters. The van der Waals surface area contributed by atoms with Gasteiger partial charge in [0.2, 0.25) is 11.8 Å².